The first-order valence-corrected chi connectivity index (χ1v) is 11.1. The summed E-state index contributed by atoms with van der Waals surface area (Å²) in [6.07, 6.45) is 0.794. The fourth-order valence-electron chi connectivity index (χ4n) is 3.36. The lowest BCUT2D eigenvalue weighted by molar-refractivity contribution is 0.0931. The minimum absolute atomic E-state index is 0.0381. The van der Waals surface area contributed by atoms with E-state index in [9.17, 15) is 9.59 Å². The van der Waals surface area contributed by atoms with Crippen LogP contribution in [0.3, 0.4) is 0 Å². The molecule has 4 rings (SSSR count). The lowest BCUT2D eigenvalue weighted by Gasteiger charge is -2.11. The number of ether oxygens (including phenoxy) is 1. The molecule has 9 heteroatoms. The number of aryl methyl sites for hydroxylation is 2. The van der Waals surface area contributed by atoms with Crippen LogP contribution in [0.15, 0.2) is 65.1 Å². The van der Waals surface area contributed by atoms with Crippen LogP contribution >= 0.6 is 12.2 Å². The Hall–Kier alpha value is -4.11. The summed E-state index contributed by atoms with van der Waals surface area (Å²) in [5, 5.41) is 2.48. The van der Waals surface area contributed by atoms with Crippen LogP contribution < -0.4 is 20.9 Å². The SMILES string of the molecule is Cc1oc2cc(C(=O)NNC(=S)NC(=O)c3ccc(OCCc4ccccc4)cc3)[nH]c2c1C. The molecule has 2 aromatic carbocycles. The number of furan rings is 1. The highest BCUT2D eigenvalue weighted by molar-refractivity contribution is 7.80. The predicted octanol–water partition coefficient (Wildman–Crippen LogP) is 3.95. The molecular formula is C25H24N4O4S. The number of nitrogens with one attached hydrogen (secondary N) is 4. The van der Waals surface area contributed by atoms with Crippen molar-refractivity contribution in [1.29, 1.82) is 0 Å². The van der Waals surface area contributed by atoms with Crippen LogP contribution in [0, 0.1) is 13.8 Å². The van der Waals surface area contributed by atoms with Gasteiger partial charge in [0.25, 0.3) is 11.8 Å². The van der Waals surface area contributed by atoms with E-state index < -0.39 is 11.8 Å². The van der Waals surface area contributed by atoms with Gasteiger partial charge in [0, 0.05) is 23.6 Å². The Morgan fingerprint density at radius 3 is 2.44 bits per heavy atom. The fraction of sp³-hybridized carbons (Fsp3) is 0.160. The van der Waals surface area contributed by atoms with E-state index in [0.717, 1.165) is 23.3 Å². The van der Waals surface area contributed by atoms with Crippen molar-refractivity contribution < 1.29 is 18.7 Å². The van der Waals surface area contributed by atoms with Crippen molar-refractivity contribution in [2.75, 3.05) is 6.61 Å². The molecule has 0 radical (unpaired) electrons. The number of carbonyl (C=O) groups is 2. The number of aromatic amines is 1. The van der Waals surface area contributed by atoms with Gasteiger partial charge in [-0.25, -0.2) is 0 Å². The molecule has 4 N–H and O–H groups in total. The summed E-state index contributed by atoms with van der Waals surface area (Å²) in [4.78, 5) is 27.8. The molecule has 34 heavy (non-hydrogen) atoms. The smallest absolute Gasteiger partial charge is 0.286 e. The van der Waals surface area contributed by atoms with Crippen LogP contribution in [0.1, 0.15) is 37.7 Å². The molecule has 0 aliphatic heterocycles. The van der Waals surface area contributed by atoms with Crippen molar-refractivity contribution in [3.05, 3.63) is 88.8 Å². The molecule has 4 aromatic rings. The van der Waals surface area contributed by atoms with Crippen LogP contribution in [-0.2, 0) is 6.42 Å². The number of H-pyrrole nitrogens is 1. The van der Waals surface area contributed by atoms with E-state index in [-0.39, 0.29) is 5.11 Å². The van der Waals surface area contributed by atoms with Crippen molar-refractivity contribution in [2.45, 2.75) is 20.3 Å². The lowest BCUT2D eigenvalue weighted by atomic mass is 10.2. The standard InChI is InChI=1S/C25H24N4O4S/c1-15-16(2)33-21-14-20(26-22(15)21)24(31)28-29-25(34)27-23(30)18-8-10-19(11-9-18)32-13-12-17-6-4-3-5-7-17/h3-11,14,26H,12-13H2,1-2H3,(H,28,31)(H2,27,29,30,34). The van der Waals surface area contributed by atoms with Gasteiger partial charge in [-0.15, -0.1) is 0 Å². The summed E-state index contributed by atoms with van der Waals surface area (Å²) >= 11 is 5.10. The minimum Gasteiger partial charge on any atom is -0.493 e. The average Bonchev–Trinajstić information content (AvgIpc) is 3.37. The maximum Gasteiger partial charge on any atom is 0.286 e. The molecule has 0 aliphatic carbocycles. The number of amides is 2. The van der Waals surface area contributed by atoms with Crippen molar-refractivity contribution in [1.82, 2.24) is 21.2 Å². The zero-order chi connectivity index (χ0) is 24.1. The van der Waals surface area contributed by atoms with Gasteiger partial charge in [-0.3, -0.25) is 25.8 Å². The van der Waals surface area contributed by atoms with Gasteiger partial charge in [0.05, 0.1) is 12.1 Å². The molecule has 8 nitrogen and oxygen atoms in total. The second-order valence-corrected chi connectivity index (χ2v) is 8.08. The third kappa shape index (κ3) is 5.44. The van der Waals surface area contributed by atoms with Crippen LogP contribution in [0.5, 0.6) is 5.75 Å². The van der Waals surface area contributed by atoms with Crippen molar-refractivity contribution in [3.8, 4) is 5.75 Å². The number of hydrazine groups is 1. The Kier molecular flexibility index (Phi) is 6.93. The minimum atomic E-state index is -0.447. The summed E-state index contributed by atoms with van der Waals surface area (Å²) in [5.74, 6) is 0.604. The Morgan fingerprint density at radius 2 is 1.74 bits per heavy atom. The summed E-state index contributed by atoms with van der Waals surface area (Å²) in [7, 11) is 0. The highest BCUT2D eigenvalue weighted by Crippen LogP contribution is 2.24. The van der Waals surface area contributed by atoms with E-state index in [1.807, 2.05) is 44.2 Å². The molecule has 0 saturated heterocycles. The molecule has 174 valence electrons. The van der Waals surface area contributed by atoms with Crippen LogP contribution in [-0.4, -0.2) is 28.5 Å². The van der Waals surface area contributed by atoms with Gasteiger partial charge >= 0.3 is 0 Å². The third-order valence-corrected chi connectivity index (χ3v) is 5.53. The Morgan fingerprint density at radius 1 is 1.00 bits per heavy atom. The highest BCUT2D eigenvalue weighted by Gasteiger charge is 2.15. The van der Waals surface area contributed by atoms with E-state index in [2.05, 4.69) is 21.2 Å². The number of rotatable bonds is 6. The first-order chi connectivity index (χ1) is 16.4. The number of thiocarbonyl (C=S) groups is 1. The molecule has 2 heterocycles. The quantitative estimate of drug-likeness (QED) is 0.248. The molecule has 0 fully saturated rings. The normalized spacial score (nSPS) is 10.6. The molecule has 0 unspecified atom stereocenters. The molecule has 0 bridgehead atoms. The Labute approximate surface area is 201 Å². The fourth-order valence-corrected chi connectivity index (χ4v) is 3.50. The van der Waals surface area contributed by atoms with Gasteiger partial charge in [0.1, 0.15) is 17.2 Å². The summed E-state index contributed by atoms with van der Waals surface area (Å²) in [5.41, 5.74) is 9.19. The number of carbonyl (C=O) groups excluding carboxylic acids is 2. The maximum atomic E-state index is 12.4. The zero-order valence-electron chi connectivity index (χ0n) is 18.7. The number of hydrogen-bond donors (Lipinski definition) is 4. The van der Waals surface area contributed by atoms with Gasteiger partial charge in [-0.05, 0) is 55.9 Å². The summed E-state index contributed by atoms with van der Waals surface area (Å²) in [6, 6.07) is 18.4. The van der Waals surface area contributed by atoms with Crippen LogP contribution in [0.4, 0.5) is 0 Å². The molecule has 2 aromatic heterocycles. The molecule has 2 amide bonds. The van der Waals surface area contributed by atoms with Gasteiger partial charge in [-0.2, -0.15) is 0 Å². The highest BCUT2D eigenvalue weighted by atomic mass is 32.1. The van der Waals surface area contributed by atoms with E-state index >= 15 is 0 Å². The van der Waals surface area contributed by atoms with Gasteiger partial charge in [-0.1, -0.05) is 30.3 Å². The second-order valence-electron chi connectivity index (χ2n) is 7.68. The largest absolute Gasteiger partial charge is 0.493 e. The second kappa shape index (κ2) is 10.2. The molecule has 0 atom stereocenters. The summed E-state index contributed by atoms with van der Waals surface area (Å²) < 4.78 is 11.3. The Balaban J connectivity index is 1.23. The van der Waals surface area contributed by atoms with E-state index in [4.69, 9.17) is 21.4 Å². The topological polar surface area (TPSA) is 108 Å². The zero-order valence-corrected chi connectivity index (χ0v) is 19.5. The predicted molar refractivity (Wildman–Crippen MR) is 133 cm³/mol. The third-order valence-electron chi connectivity index (χ3n) is 5.33. The first-order valence-electron chi connectivity index (χ1n) is 10.7. The monoisotopic (exact) mass is 476 g/mol. The number of aromatic nitrogens is 1. The van der Waals surface area contributed by atoms with Crippen molar-refractivity contribution >= 4 is 40.2 Å². The number of fused-ring (bicyclic) bond motifs is 1. The van der Waals surface area contributed by atoms with E-state index in [1.165, 1.54) is 5.56 Å². The summed E-state index contributed by atoms with van der Waals surface area (Å²) in [6.45, 7) is 4.30. The number of benzene rings is 2. The van der Waals surface area contributed by atoms with E-state index in [1.54, 1.807) is 30.3 Å². The molecule has 0 spiro atoms. The average molecular weight is 477 g/mol. The van der Waals surface area contributed by atoms with Crippen molar-refractivity contribution in [2.24, 2.45) is 0 Å². The van der Waals surface area contributed by atoms with E-state index in [0.29, 0.717) is 29.2 Å². The van der Waals surface area contributed by atoms with Gasteiger partial charge in [0.2, 0.25) is 0 Å². The van der Waals surface area contributed by atoms with Crippen LogP contribution in [0.25, 0.3) is 11.1 Å². The van der Waals surface area contributed by atoms with Gasteiger partial charge in [0.15, 0.2) is 10.7 Å². The Bertz CT molecular complexity index is 1330. The maximum absolute atomic E-state index is 12.4. The van der Waals surface area contributed by atoms with Crippen LogP contribution in [0.2, 0.25) is 0 Å². The lowest BCUT2D eigenvalue weighted by Crippen LogP contribution is -2.48. The number of hydrogen-bond acceptors (Lipinski definition) is 5. The van der Waals surface area contributed by atoms with Crippen molar-refractivity contribution in [3.63, 3.8) is 0 Å². The van der Waals surface area contributed by atoms with Gasteiger partial charge < -0.3 is 14.1 Å². The first kappa shape index (κ1) is 23.1. The molecule has 0 aliphatic rings. The molecular weight excluding hydrogens is 452 g/mol. The molecule has 0 saturated carbocycles.